The first kappa shape index (κ1) is 12.7. The zero-order valence-corrected chi connectivity index (χ0v) is 10.5. The molecule has 1 unspecified atom stereocenters. The second-order valence-corrected chi connectivity index (χ2v) is 4.06. The predicted molar refractivity (Wildman–Crippen MR) is 68.9 cm³/mol. The molecule has 1 aliphatic rings. The second kappa shape index (κ2) is 5.73. The van der Waals surface area contributed by atoms with Gasteiger partial charge in [0.2, 0.25) is 0 Å². The third kappa shape index (κ3) is 2.41. The Balaban J connectivity index is 2.35. The first-order chi connectivity index (χ1) is 8.77. The van der Waals surface area contributed by atoms with Gasteiger partial charge in [0.1, 0.15) is 5.75 Å². The van der Waals surface area contributed by atoms with Crippen LogP contribution in [-0.2, 0) is 4.74 Å². The van der Waals surface area contributed by atoms with Gasteiger partial charge in [-0.2, -0.15) is 0 Å². The van der Waals surface area contributed by atoms with Gasteiger partial charge in [-0.1, -0.05) is 12.1 Å². The van der Waals surface area contributed by atoms with Crippen LogP contribution in [0.5, 0.6) is 5.75 Å². The van der Waals surface area contributed by atoms with Crippen molar-refractivity contribution in [2.45, 2.75) is 19.4 Å². The van der Waals surface area contributed by atoms with Crippen LogP contribution in [0.2, 0.25) is 0 Å². The van der Waals surface area contributed by atoms with Crippen LogP contribution in [-0.4, -0.2) is 31.9 Å². The van der Waals surface area contributed by atoms with E-state index in [-0.39, 0.29) is 12.1 Å². The molecule has 2 rings (SSSR count). The number of hydrogen-bond donors (Lipinski definition) is 1. The Morgan fingerprint density at radius 1 is 1.50 bits per heavy atom. The van der Waals surface area contributed by atoms with E-state index in [9.17, 15) is 4.79 Å². The van der Waals surface area contributed by atoms with E-state index in [4.69, 9.17) is 15.2 Å². The first-order valence-electron chi connectivity index (χ1n) is 6.15. The molecule has 1 atom stereocenters. The molecule has 1 amide bonds. The number of benzene rings is 1. The van der Waals surface area contributed by atoms with Crippen molar-refractivity contribution in [2.24, 2.45) is 5.73 Å². The van der Waals surface area contributed by atoms with Crippen molar-refractivity contribution in [3.63, 3.8) is 0 Å². The van der Waals surface area contributed by atoms with Crippen molar-refractivity contribution >= 4 is 11.8 Å². The van der Waals surface area contributed by atoms with Crippen LogP contribution < -0.4 is 15.4 Å². The summed E-state index contributed by atoms with van der Waals surface area (Å²) in [4.78, 5) is 13.5. The Labute approximate surface area is 106 Å². The topological polar surface area (TPSA) is 64.8 Å². The number of nitrogens with two attached hydrogens (primary N) is 1. The molecule has 98 valence electrons. The Morgan fingerprint density at radius 2 is 2.28 bits per heavy atom. The van der Waals surface area contributed by atoms with E-state index >= 15 is 0 Å². The molecule has 0 spiro atoms. The van der Waals surface area contributed by atoms with E-state index < -0.39 is 0 Å². The number of rotatable bonds is 4. The summed E-state index contributed by atoms with van der Waals surface area (Å²) in [5.41, 5.74) is 6.45. The maximum Gasteiger partial charge on any atom is 0.414 e. The van der Waals surface area contributed by atoms with Crippen LogP contribution in [0.4, 0.5) is 10.5 Å². The van der Waals surface area contributed by atoms with E-state index in [0.717, 1.165) is 12.1 Å². The highest BCUT2D eigenvalue weighted by Crippen LogP contribution is 2.32. The molecule has 18 heavy (non-hydrogen) atoms. The molecule has 0 bridgehead atoms. The quantitative estimate of drug-likeness (QED) is 0.884. The molecule has 0 saturated carbocycles. The molecular formula is C13H18N2O3. The standard InChI is InChI=1S/C13H18N2O3/c1-2-17-12-6-4-3-5-11(12)15-10(9-14)7-8-18-13(15)16/h3-6,10H,2,7-9,14H2,1H3. The highest BCUT2D eigenvalue weighted by atomic mass is 16.6. The summed E-state index contributed by atoms with van der Waals surface area (Å²) in [5.74, 6) is 0.678. The number of carbonyl (C=O) groups is 1. The first-order valence-corrected chi connectivity index (χ1v) is 6.15. The number of para-hydroxylation sites is 2. The lowest BCUT2D eigenvalue weighted by Gasteiger charge is -2.34. The van der Waals surface area contributed by atoms with E-state index in [1.165, 1.54) is 0 Å². The zero-order chi connectivity index (χ0) is 13.0. The molecule has 2 N–H and O–H groups in total. The highest BCUT2D eigenvalue weighted by molar-refractivity contribution is 5.91. The van der Waals surface area contributed by atoms with E-state index in [1.54, 1.807) is 4.90 Å². The normalized spacial score (nSPS) is 19.6. The van der Waals surface area contributed by atoms with Crippen molar-refractivity contribution in [1.82, 2.24) is 0 Å². The average molecular weight is 250 g/mol. The summed E-state index contributed by atoms with van der Waals surface area (Å²) >= 11 is 0. The number of ether oxygens (including phenoxy) is 2. The minimum Gasteiger partial charge on any atom is -0.492 e. The molecule has 0 aromatic heterocycles. The molecule has 5 heteroatoms. The van der Waals surface area contributed by atoms with Gasteiger partial charge < -0.3 is 15.2 Å². The Kier molecular flexibility index (Phi) is 4.04. The van der Waals surface area contributed by atoms with Gasteiger partial charge in [-0.25, -0.2) is 4.79 Å². The molecule has 1 aromatic rings. The van der Waals surface area contributed by atoms with Crippen LogP contribution in [0.15, 0.2) is 24.3 Å². The maximum atomic E-state index is 11.9. The molecule has 1 aromatic carbocycles. The van der Waals surface area contributed by atoms with Crippen LogP contribution in [0.1, 0.15) is 13.3 Å². The average Bonchev–Trinajstić information content (AvgIpc) is 2.40. The second-order valence-electron chi connectivity index (χ2n) is 4.06. The maximum absolute atomic E-state index is 11.9. The summed E-state index contributed by atoms with van der Waals surface area (Å²) < 4.78 is 10.6. The lowest BCUT2D eigenvalue weighted by Crippen LogP contribution is -2.49. The van der Waals surface area contributed by atoms with Gasteiger partial charge >= 0.3 is 6.09 Å². The lowest BCUT2D eigenvalue weighted by molar-refractivity contribution is 0.129. The van der Waals surface area contributed by atoms with Crippen molar-refractivity contribution in [2.75, 3.05) is 24.7 Å². The molecule has 0 radical (unpaired) electrons. The van der Waals surface area contributed by atoms with Crippen molar-refractivity contribution in [1.29, 1.82) is 0 Å². The van der Waals surface area contributed by atoms with Gasteiger partial charge in [0.05, 0.1) is 24.9 Å². The number of cyclic esters (lactones) is 1. The van der Waals surface area contributed by atoms with Crippen LogP contribution >= 0.6 is 0 Å². The van der Waals surface area contributed by atoms with Crippen molar-refractivity contribution < 1.29 is 14.3 Å². The van der Waals surface area contributed by atoms with Gasteiger partial charge in [0.25, 0.3) is 0 Å². The monoisotopic (exact) mass is 250 g/mol. The number of nitrogens with zero attached hydrogens (tertiary/aromatic N) is 1. The molecule has 0 aliphatic carbocycles. The number of anilines is 1. The predicted octanol–water partition coefficient (Wildman–Crippen LogP) is 1.76. The largest absolute Gasteiger partial charge is 0.492 e. The number of amides is 1. The molecular weight excluding hydrogens is 232 g/mol. The SMILES string of the molecule is CCOc1ccccc1N1C(=O)OCCC1CN. The summed E-state index contributed by atoms with van der Waals surface area (Å²) in [6.45, 7) is 3.29. The smallest absolute Gasteiger partial charge is 0.414 e. The van der Waals surface area contributed by atoms with E-state index in [0.29, 0.717) is 25.5 Å². The minimum absolute atomic E-state index is 0.0344. The highest BCUT2D eigenvalue weighted by Gasteiger charge is 2.31. The molecule has 1 fully saturated rings. The third-order valence-electron chi connectivity index (χ3n) is 2.94. The lowest BCUT2D eigenvalue weighted by atomic mass is 10.1. The number of carbonyl (C=O) groups excluding carboxylic acids is 1. The van der Waals surface area contributed by atoms with Crippen LogP contribution in [0, 0.1) is 0 Å². The number of hydrogen-bond acceptors (Lipinski definition) is 4. The Morgan fingerprint density at radius 3 is 3.00 bits per heavy atom. The van der Waals surface area contributed by atoms with Gasteiger partial charge in [-0.15, -0.1) is 0 Å². The summed E-state index contributed by atoms with van der Waals surface area (Å²) in [6.07, 6.45) is 0.381. The van der Waals surface area contributed by atoms with Gasteiger partial charge in [-0.05, 0) is 19.1 Å². The van der Waals surface area contributed by atoms with Gasteiger partial charge in [-0.3, -0.25) is 4.90 Å². The fourth-order valence-corrected chi connectivity index (χ4v) is 2.08. The van der Waals surface area contributed by atoms with Crippen LogP contribution in [0.3, 0.4) is 0 Å². The minimum atomic E-state index is -0.358. The Bertz CT molecular complexity index is 422. The van der Waals surface area contributed by atoms with Gasteiger partial charge in [0, 0.05) is 13.0 Å². The van der Waals surface area contributed by atoms with Crippen LogP contribution in [0.25, 0.3) is 0 Å². The summed E-state index contributed by atoms with van der Waals surface area (Å²) in [7, 11) is 0. The molecule has 5 nitrogen and oxygen atoms in total. The Hall–Kier alpha value is -1.75. The summed E-state index contributed by atoms with van der Waals surface area (Å²) in [6, 6.07) is 7.40. The van der Waals surface area contributed by atoms with E-state index in [1.807, 2.05) is 31.2 Å². The van der Waals surface area contributed by atoms with Gasteiger partial charge in [0.15, 0.2) is 0 Å². The fraction of sp³-hybridized carbons (Fsp3) is 0.462. The molecule has 1 heterocycles. The van der Waals surface area contributed by atoms with Crippen molar-refractivity contribution in [3.05, 3.63) is 24.3 Å². The summed E-state index contributed by atoms with van der Waals surface area (Å²) in [5, 5.41) is 0. The third-order valence-corrected chi connectivity index (χ3v) is 2.94. The fourth-order valence-electron chi connectivity index (χ4n) is 2.08. The van der Waals surface area contributed by atoms with Crippen molar-refractivity contribution in [3.8, 4) is 5.75 Å². The zero-order valence-electron chi connectivity index (χ0n) is 10.5. The molecule has 1 saturated heterocycles. The van der Waals surface area contributed by atoms with E-state index in [2.05, 4.69) is 0 Å². The molecule has 1 aliphatic heterocycles.